The molecule has 0 unspecified atom stereocenters. The Labute approximate surface area is 102 Å². The topological polar surface area (TPSA) is 98.2 Å². The third kappa shape index (κ3) is 2.22. The van der Waals surface area contributed by atoms with Crippen LogP contribution >= 0.6 is 0 Å². The number of nitrogens with two attached hydrogens (primary N) is 1. The number of carboxylic acid groups (broad SMARTS) is 1. The predicted octanol–water partition coefficient (Wildman–Crippen LogP) is 0.572. The molecule has 0 saturated carbocycles. The number of carboxylic acids is 1. The SMILES string of the molecule is Nc1cccc(Cn2cnccc2=O)c1C(=O)O. The maximum Gasteiger partial charge on any atom is 0.338 e. The van der Waals surface area contributed by atoms with Gasteiger partial charge >= 0.3 is 5.97 Å². The van der Waals surface area contributed by atoms with E-state index in [0.29, 0.717) is 5.56 Å². The van der Waals surface area contributed by atoms with E-state index in [1.54, 1.807) is 12.1 Å². The summed E-state index contributed by atoms with van der Waals surface area (Å²) in [4.78, 5) is 26.5. The maximum absolute atomic E-state index is 11.5. The van der Waals surface area contributed by atoms with Crippen molar-refractivity contribution in [2.75, 3.05) is 5.73 Å². The normalized spacial score (nSPS) is 10.2. The molecular formula is C12H11N3O3. The minimum absolute atomic E-state index is 0.0215. The van der Waals surface area contributed by atoms with Gasteiger partial charge in [-0.25, -0.2) is 9.78 Å². The lowest BCUT2D eigenvalue weighted by Crippen LogP contribution is -2.21. The lowest BCUT2D eigenvalue weighted by molar-refractivity contribution is 0.0696. The van der Waals surface area contributed by atoms with Gasteiger partial charge in [0, 0.05) is 18.0 Å². The number of rotatable bonds is 3. The molecule has 0 aliphatic carbocycles. The minimum Gasteiger partial charge on any atom is -0.478 e. The van der Waals surface area contributed by atoms with Crippen molar-refractivity contribution >= 4 is 11.7 Å². The third-order valence-electron chi connectivity index (χ3n) is 2.53. The first-order chi connectivity index (χ1) is 8.59. The average Bonchev–Trinajstić information content (AvgIpc) is 2.31. The van der Waals surface area contributed by atoms with Crippen LogP contribution < -0.4 is 11.3 Å². The van der Waals surface area contributed by atoms with Crippen LogP contribution in [-0.4, -0.2) is 20.6 Å². The fraction of sp³-hybridized carbons (Fsp3) is 0.0833. The van der Waals surface area contributed by atoms with Gasteiger partial charge in [0.05, 0.1) is 18.4 Å². The molecule has 6 heteroatoms. The van der Waals surface area contributed by atoms with E-state index in [4.69, 9.17) is 10.8 Å². The van der Waals surface area contributed by atoms with Crippen LogP contribution in [0.4, 0.5) is 5.69 Å². The van der Waals surface area contributed by atoms with Crippen LogP contribution in [0.25, 0.3) is 0 Å². The Kier molecular flexibility index (Phi) is 3.09. The number of benzene rings is 1. The Morgan fingerprint density at radius 3 is 2.83 bits per heavy atom. The van der Waals surface area contributed by atoms with Crippen molar-refractivity contribution in [2.45, 2.75) is 6.54 Å². The van der Waals surface area contributed by atoms with Gasteiger partial charge < -0.3 is 10.8 Å². The highest BCUT2D eigenvalue weighted by Crippen LogP contribution is 2.17. The van der Waals surface area contributed by atoms with Crippen LogP contribution in [0.1, 0.15) is 15.9 Å². The van der Waals surface area contributed by atoms with Crippen molar-refractivity contribution in [1.82, 2.24) is 9.55 Å². The zero-order valence-electron chi connectivity index (χ0n) is 9.41. The molecular weight excluding hydrogens is 234 g/mol. The van der Waals surface area contributed by atoms with Crippen molar-refractivity contribution in [2.24, 2.45) is 0 Å². The molecule has 2 aromatic rings. The van der Waals surface area contributed by atoms with Crippen LogP contribution in [-0.2, 0) is 6.54 Å². The van der Waals surface area contributed by atoms with Gasteiger partial charge in [0.2, 0.25) is 0 Å². The number of carbonyl (C=O) groups is 1. The first-order valence-corrected chi connectivity index (χ1v) is 5.20. The average molecular weight is 245 g/mol. The van der Waals surface area contributed by atoms with E-state index in [9.17, 15) is 9.59 Å². The van der Waals surface area contributed by atoms with Crippen molar-refractivity contribution < 1.29 is 9.90 Å². The van der Waals surface area contributed by atoms with Crippen LogP contribution in [0.5, 0.6) is 0 Å². The van der Waals surface area contributed by atoms with E-state index in [0.717, 1.165) is 0 Å². The van der Waals surface area contributed by atoms with E-state index >= 15 is 0 Å². The van der Waals surface area contributed by atoms with Crippen LogP contribution in [0.3, 0.4) is 0 Å². The molecule has 0 spiro atoms. The third-order valence-corrected chi connectivity index (χ3v) is 2.53. The van der Waals surface area contributed by atoms with Crippen LogP contribution in [0.2, 0.25) is 0 Å². The second kappa shape index (κ2) is 4.70. The van der Waals surface area contributed by atoms with Gasteiger partial charge in [0.25, 0.3) is 5.56 Å². The lowest BCUT2D eigenvalue weighted by Gasteiger charge is -2.09. The predicted molar refractivity (Wildman–Crippen MR) is 65.4 cm³/mol. The molecule has 1 aromatic heterocycles. The summed E-state index contributed by atoms with van der Waals surface area (Å²) in [6.45, 7) is 0.124. The molecule has 0 bridgehead atoms. The molecule has 0 aliphatic heterocycles. The standard InChI is InChI=1S/C12H11N3O3/c13-9-3-1-2-8(11(9)12(17)18)6-15-7-14-5-4-10(15)16/h1-5,7H,6,13H2,(H,17,18). The van der Waals surface area contributed by atoms with Gasteiger partial charge in [-0.1, -0.05) is 12.1 Å². The summed E-state index contributed by atoms with van der Waals surface area (Å²) < 4.78 is 1.32. The molecule has 1 aromatic carbocycles. The Morgan fingerprint density at radius 2 is 2.17 bits per heavy atom. The van der Waals surface area contributed by atoms with E-state index < -0.39 is 5.97 Å². The Hall–Kier alpha value is -2.63. The molecule has 18 heavy (non-hydrogen) atoms. The summed E-state index contributed by atoms with van der Waals surface area (Å²) in [6.07, 6.45) is 2.74. The number of nitrogens with zero attached hydrogens (tertiary/aromatic N) is 2. The fourth-order valence-electron chi connectivity index (χ4n) is 1.69. The number of aromatic nitrogens is 2. The number of anilines is 1. The van der Waals surface area contributed by atoms with E-state index in [2.05, 4.69) is 4.98 Å². The van der Waals surface area contributed by atoms with Gasteiger partial charge in [0.15, 0.2) is 0 Å². The smallest absolute Gasteiger partial charge is 0.338 e. The first-order valence-electron chi connectivity index (χ1n) is 5.20. The molecule has 0 aliphatic rings. The summed E-state index contributed by atoms with van der Waals surface area (Å²) in [5, 5.41) is 9.11. The monoisotopic (exact) mass is 245 g/mol. The molecule has 0 amide bonds. The van der Waals surface area contributed by atoms with Gasteiger partial charge in [-0.15, -0.1) is 0 Å². The number of aromatic carboxylic acids is 1. The molecule has 0 saturated heterocycles. The van der Waals surface area contributed by atoms with Gasteiger partial charge in [-0.2, -0.15) is 0 Å². The molecule has 0 atom stereocenters. The summed E-state index contributed by atoms with van der Waals surface area (Å²) >= 11 is 0. The fourth-order valence-corrected chi connectivity index (χ4v) is 1.69. The minimum atomic E-state index is -1.11. The van der Waals surface area contributed by atoms with Gasteiger partial charge in [-0.3, -0.25) is 9.36 Å². The van der Waals surface area contributed by atoms with Crippen LogP contribution in [0.15, 0.2) is 41.6 Å². The molecule has 6 nitrogen and oxygen atoms in total. The summed E-state index contributed by atoms with van der Waals surface area (Å²) in [5.74, 6) is -1.11. The molecule has 2 rings (SSSR count). The van der Waals surface area contributed by atoms with E-state index in [1.807, 2.05) is 0 Å². The Morgan fingerprint density at radius 1 is 1.39 bits per heavy atom. The first kappa shape index (κ1) is 11.8. The number of hydrogen-bond acceptors (Lipinski definition) is 4. The van der Waals surface area contributed by atoms with Crippen molar-refractivity contribution in [1.29, 1.82) is 0 Å². The van der Waals surface area contributed by atoms with Crippen molar-refractivity contribution in [3.8, 4) is 0 Å². The highest BCUT2D eigenvalue weighted by atomic mass is 16.4. The quantitative estimate of drug-likeness (QED) is 0.770. The Balaban J connectivity index is 2.47. The Bertz CT molecular complexity index is 649. The molecule has 1 heterocycles. The highest BCUT2D eigenvalue weighted by Gasteiger charge is 2.13. The van der Waals surface area contributed by atoms with Crippen molar-refractivity contribution in [3.05, 3.63) is 58.3 Å². The van der Waals surface area contributed by atoms with Crippen LogP contribution in [0, 0.1) is 0 Å². The lowest BCUT2D eigenvalue weighted by atomic mass is 10.1. The van der Waals surface area contributed by atoms with E-state index in [1.165, 1.54) is 29.2 Å². The van der Waals surface area contributed by atoms with E-state index in [-0.39, 0.29) is 23.4 Å². The largest absolute Gasteiger partial charge is 0.478 e. The summed E-state index contributed by atoms with van der Waals surface area (Å²) in [6, 6.07) is 6.10. The second-order valence-corrected chi connectivity index (χ2v) is 3.73. The van der Waals surface area contributed by atoms with Gasteiger partial charge in [0.1, 0.15) is 0 Å². The summed E-state index contributed by atoms with van der Waals surface area (Å²) in [5.41, 5.74) is 6.05. The molecule has 0 radical (unpaired) electrons. The van der Waals surface area contributed by atoms with Crippen molar-refractivity contribution in [3.63, 3.8) is 0 Å². The van der Waals surface area contributed by atoms with Gasteiger partial charge in [-0.05, 0) is 11.6 Å². The number of nitrogen functional groups attached to an aromatic ring is 1. The molecule has 3 N–H and O–H groups in total. The zero-order valence-corrected chi connectivity index (χ0v) is 9.41. The number of hydrogen-bond donors (Lipinski definition) is 2. The maximum atomic E-state index is 11.5. The molecule has 92 valence electrons. The molecule has 0 fully saturated rings. The highest BCUT2D eigenvalue weighted by molar-refractivity contribution is 5.95. The second-order valence-electron chi connectivity index (χ2n) is 3.73. The zero-order chi connectivity index (χ0) is 13.1. The summed E-state index contributed by atoms with van der Waals surface area (Å²) in [7, 11) is 0.